The molecule has 0 bridgehead atoms. The standard InChI is InChI=1S/C10H18O7.C10H18O6.C10H20O6.C10H20O5.C10H16O5.C8H14O5.C7H14O3/c1-10(2,3)8(15)6(13)4(11)5(12)7(14)9(16)17;1-10(2,3)8-6(13)4(11)5(12)7(16-8)9(14)15;1-10(2,3)9(16)8(15)7(14)6(13)5(12)4-11;1-10(2,3)9-8(14)7(13)6(12)5(4-11)15-9;1-10(2,3)8-7(12)5(11)4-6(15-8)9(13)14;1-8(2,3)6(11)4(9)5(10)7(12)13;1-7(2,3)6(10)5(9)4-8/h4-7,11-14H,1-3H3,(H,16,17);4-8,11-13H,1-3H3,(H,14,15);5-8,11-15H,4H2,1-3H3;5-9,11-14H,4H2,1-3H3;4-5,7-8,11-12H,1-3H3,(H,13,14);4-5,9-10H,1-3H3,(H,12,13);5,8-9H,4H2,1-3H3. The smallest absolute Gasteiger partial charge is 0.370 e. The number of carboxylic acid groups (broad SMARTS) is 4. The number of hydrogen-bond donors (Lipinski definition) is 26. The molecule has 0 saturated carbocycles. The summed E-state index contributed by atoms with van der Waals surface area (Å²) in [6.45, 7) is 33.5. The molecule has 0 aromatic rings. The van der Waals surface area contributed by atoms with Crippen molar-refractivity contribution in [2.75, 3.05) is 19.8 Å². The van der Waals surface area contributed by atoms with Gasteiger partial charge in [0.25, 0.3) is 0 Å². The van der Waals surface area contributed by atoms with Crippen LogP contribution in [0.2, 0.25) is 0 Å². The fourth-order valence-corrected chi connectivity index (χ4v) is 8.65. The van der Waals surface area contributed by atoms with Crippen LogP contribution in [0.4, 0.5) is 0 Å². The lowest BCUT2D eigenvalue weighted by atomic mass is 9.80. The van der Waals surface area contributed by atoms with Gasteiger partial charge in [-0.3, -0.25) is 19.2 Å². The van der Waals surface area contributed by atoms with Crippen LogP contribution in [0.5, 0.6) is 0 Å². The van der Waals surface area contributed by atoms with E-state index in [2.05, 4.69) is 0 Å². The average Bonchev–Trinajstić information content (AvgIpc) is 0.803. The highest BCUT2D eigenvalue weighted by atomic mass is 16.6. The Balaban J connectivity index is -0.000000552. The van der Waals surface area contributed by atoms with Gasteiger partial charge in [-0.1, -0.05) is 145 Å². The zero-order chi connectivity index (χ0) is 82.5. The van der Waals surface area contributed by atoms with Crippen LogP contribution < -0.4 is 0 Å². The number of ether oxygens (including phenoxy) is 3. The first-order chi connectivity index (χ1) is 45.4. The van der Waals surface area contributed by atoms with E-state index in [0.29, 0.717) is 0 Å². The topological polar surface area (TPSA) is 690 Å². The molecule has 0 amide bonds. The van der Waals surface area contributed by atoms with Gasteiger partial charge in [0.2, 0.25) is 5.76 Å². The molecule has 26 N–H and O–H groups in total. The molecule has 0 spiro atoms. The first kappa shape index (κ1) is 103. The molecule has 3 heterocycles. The highest BCUT2D eigenvalue weighted by Gasteiger charge is 2.51. The second-order valence-electron chi connectivity index (χ2n) is 31.8. The number of Topliss-reactive ketones (excluding diaryl/α,β-unsaturated/α-hetero) is 4. The maximum Gasteiger partial charge on any atom is 0.370 e. The minimum absolute atomic E-state index is 0.312. The number of rotatable bonds is 18. The number of aliphatic hydroxyl groups is 22. The van der Waals surface area contributed by atoms with Crippen LogP contribution in [-0.4, -0.2) is 346 Å². The van der Waals surface area contributed by atoms with Crippen molar-refractivity contribution >= 4 is 47.0 Å². The lowest BCUT2D eigenvalue weighted by Gasteiger charge is -2.45. The van der Waals surface area contributed by atoms with Crippen LogP contribution in [-0.2, 0) is 52.6 Å². The van der Waals surface area contributed by atoms with E-state index in [0.717, 1.165) is 6.08 Å². The summed E-state index contributed by atoms with van der Waals surface area (Å²) in [6, 6.07) is 0. The molecule has 602 valence electrons. The van der Waals surface area contributed by atoms with Gasteiger partial charge < -0.3 is 147 Å². The molecule has 102 heavy (non-hydrogen) atoms. The number of carbonyl (C=O) groups is 8. The summed E-state index contributed by atoms with van der Waals surface area (Å²) in [5, 5.41) is 238. The Kier molecular flexibility index (Phi) is 43.1. The highest BCUT2D eigenvalue weighted by molar-refractivity contribution is 5.92. The molecule has 0 radical (unpaired) electrons. The first-order valence-corrected chi connectivity index (χ1v) is 31.9. The second kappa shape index (κ2) is 42.5. The van der Waals surface area contributed by atoms with Gasteiger partial charge in [0.15, 0.2) is 41.4 Å². The predicted octanol–water partition coefficient (Wildman–Crippen LogP) is -6.51. The van der Waals surface area contributed by atoms with Crippen molar-refractivity contribution in [2.45, 2.75) is 292 Å². The molecular weight excluding hydrogens is 1370 g/mol. The maximum atomic E-state index is 11.6. The lowest BCUT2D eigenvalue weighted by molar-refractivity contribution is -0.250. The van der Waals surface area contributed by atoms with Crippen molar-refractivity contribution in [1.29, 1.82) is 0 Å². The molecule has 37 heteroatoms. The summed E-state index contributed by atoms with van der Waals surface area (Å²) in [5.74, 6) is -8.70. The maximum absolute atomic E-state index is 11.6. The Morgan fingerprint density at radius 2 is 0.696 bits per heavy atom. The third-order valence-electron chi connectivity index (χ3n) is 15.1. The van der Waals surface area contributed by atoms with E-state index in [4.69, 9.17) is 75.5 Å². The fourth-order valence-electron chi connectivity index (χ4n) is 8.65. The summed E-state index contributed by atoms with van der Waals surface area (Å²) in [6.07, 6.45) is -34.5. The Morgan fingerprint density at radius 1 is 0.373 bits per heavy atom. The summed E-state index contributed by atoms with van der Waals surface area (Å²) in [4.78, 5) is 87.4. The first-order valence-electron chi connectivity index (χ1n) is 31.9. The molecule has 37 nitrogen and oxygen atoms in total. The zero-order valence-corrected chi connectivity index (χ0v) is 61.7. The van der Waals surface area contributed by atoms with Gasteiger partial charge in [0.05, 0.1) is 32.0 Å². The highest BCUT2D eigenvalue weighted by Crippen LogP contribution is 2.36. The molecule has 0 aromatic carbocycles. The summed E-state index contributed by atoms with van der Waals surface area (Å²) in [5.41, 5.74) is -4.62. The van der Waals surface area contributed by atoms with Crippen LogP contribution in [0.15, 0.2) is 11.8 Å². The molecule has 24 unspecified atom stereocenters. The lowest BCUT2D eigenvalue weighted by Crippen LogP contribution is -2.62. The largest absolute Gasteiger partial charge is 0.480 e. The Labute approximate surface area is 592 Å². The normalized spacial score (nSPS) is 27.3. The van der Waals surface area contributed by atoms with E-state index in [-0.39, 0.29) is 23.6 Å². The van der Waals surface area contributed by atoms with Crippen molar-refractivity contribution in [3.8, 4) is 0 Å². The molecular formula is C65H120O37. The van der Waals surface area contributed by atoms with E-state index in [9.17, 15) is 110 Å². The number of aliphatic carboxylic acids is 4. The van der Waals surface area contributed by atoms with E-state index >= 15 is 0 Å². The van der Waals surface area contributed by atoms with Crippen LogP contribution >= 0.6 is 0 Å². The fraction of sp³-hybridized carbons (Fsp3) is 0.846. The number of hydrogen-bond acceptors (Lipinski definition) is 33. The number of carbonyl (C=O) groups excluding carboxylic acids is 4. The van der Waals surface area contributed by atoms with E-state index in [1.807, 2.05) is 20.8 Å². The molecule has 3 rings (SSSR count). The van der Waals surface area contributed by atoms with E-state index in [1.54, 1.807) is 83.1 Å². The van der Waals surface area contributed by atoms with Crippen molar-refractivity contribution in [1.82, 2.24) is 0 Å². The minimum atomic E-state index is -2.27. The average molecular weight is 1490 g/mol. The van der Waals surface area contributed by atoms with Crippen molar-refractivity contribution in [3.63, 3.8) is 0 Å². The summed E-state index contributed by atoms with van der Waals surface area (Å²) < 4.78 is 15.7. The van der Waals surface area contributed by atoms with Gasteiger partial charge >= 0.3 is 23.9 Å². The molecule has 24 atom stereocenters. The molecule has 2 saturated heterocycles. The number of ketones is 4. The predicted molar refractivity (Wildman–Crippen MR) is 352 cm³/mol. The summed E-state index contributed by atoms with van der Waals surface area (Å²) >= 11 is 0. The second-order valence-corrected chi connectivity index (χ2v) is 31.8. The van der Waals surface area contributed by atoms with E-state index in [1.165, 1.54) is 41.5 Å². The van der Waals surface area contributed by atoms with Crippen LogP contribution in [0.3, 0.4) is 0 Å². The van der Waals surface area contributed by atoms with Gasteiger partial charge in [0, 0.05) is 27.1 Å². The van der Waals surface area contributed by atoms with Gasteiger partial charge in [-0.25, -0.2) is 19.2 Å². The van der Waals surface area contributed by atoms with Gasteiger partial charge in [-0.2, -0.15) is 0 Å². The number of aliphatic hydroxyl groups excluding tert-OH is 22. The Hall–Kier alpha value is -4.86. The molecule has 3 aliphatic heterocycles. The van der Waals surface area contributed by atoms with E-state index < -0.39 is 233 Å². The van der Waals surface area contributed by atoms with Crippen molar-refractivity contribution in [2.24, 2.45) is 37.9 Å². The van der Waals surface area contributed by atoms with Crippen molar-refractivity contribution in [3.05, 3.63) is 11.8 Å². The summed E-state index contributed by atoms with van der Waals surface area (Å²) in [7, 11) is 0. The van der Waals surface area contributed by atoms with Crippen LogP contribution in [0.25, 0.3) is 0 Å². The Bertz CT molecular complexity index is 2620. The SMILES string of the molecule is CC(C)(C)C(=O)C(O)C(O)C(=O)O.CC(C)(C)C(=O)C(O)C(O)C(O)C(O)C(=O)O.CC(C)(C)C(=O)C(O)C(O)C(O)C(O)CO.CC(C)(C)C(=O)C(O)CO.CC(C)(C)C1OC(C(=O)O)=CC(O)C1O.CC(C)(C)C1OC(C(=O)O)C(O)C(O)C1O.CC(C)(C)C1OC(CO)C(O)C(O)C1O. The molecule has 0 aliphatic carbocycles. The number of carboxylic acids is 4. The quantitative estimate of drug-likeness (QED) is 0.0607. The third-order valence-corrected chi connectivity index (χ3v) is 15.1. The minimum Gasteiger partial charge on any atom is -0.480 e. The van der Waals surface area contributed by atoms with Crippen molar-refractivity contribution < 1.29 is 185 Å². The monoisotopic (exact) mass is 1490 g/mol. The van der Waals surface area contributed by atoms with Crippen LogP contribution in [0, 0.1) is 37.9 Å². The molecule has 3 aliphatic rings. The Morgan fingerprint density at radius 3 is 0.980 bits per heavy atom. The molecule has 0 aromatic heterocycles. The zero-order valence-electron chi connectivity index (χ0n) is 61.7. The van der Waals surface area contributed by atoms with Gasteiger partial charge in [-0.15, -0.1) is 0 Å². The third kappa shape index (κ3) is 33.3. The van der Waals surface area contributed by atoms with Gasteiger partial charge in [-0.05, 0) is 16.9 Å². The van der Waals surface area contributed by atoms with Crippen LogP contribution in [0.1, 0.15) is 145 Å². The van der Waals surface area contributed by atoms with Gasteiger partial charge in [0.1, 0.15) is 116 Å². The molecule has 2 fully saturated rings.